The third-order valence-electron chi connectivity index (χ3n) is 3.51. The number of aliphatic carboxylic acids is 1. The number of carboxylic acids is 1. The second-order valence-corrected chi connectivity index (χ2v) is 7.63. The molecular formula is C19H28O4. The standard InChI is InChI=1S/C18H26O3.CH2O/c1-11(16(20)21)8-12-9-13(17(2,3)4)15(19)14(10-12)18(5,6)7;1-2/h9-10,19H,1,8H2,2-7H3,(H,20,21);1H2. The van der Waals surface area contributed by atoms with E-state index in [9.17, 15) is 9.90 Å². The van der Waals surface area contributed by atoms with E-state index in [1.807, 2.05) is 60.5 Å². The number of hydrogen-bond acceptors (Lipinski definition) is 3. The first kappa shape index (κ1) is 20.9. The van der Waals surface area contributed by atoms with Crippen LogP contribution in [0.4, 0.5) is 0 Å². The minimum Gasteiger partial charge on any atom is -0.507 e. The minimum absolute atomic E-state index is 0.153. The molecule has 1 aromatic carbocycles. The number of rotatable bonds is 3. The van der Waals surface area contributed by atoms with Crippen LogP contribution in [0.2, 0.25) is 0 Å². The zero-order chi connectivity index (χ0) is 18.6. The highest BCUT2D eigenvalue weighted by molar-refractivity contribution is 5.86. The van der Waals surface area contributed by atoms with Gasteiger partial charge in [-0.1, -0.05) is 60.3 Å². The lowest BCUT2D eigenvalue weighted by atomic mass is 9.78. The molecule has 0 fully saturated rings. The Morgan fingerprint density at radius 2 is 1.35 bits per heavy atom. The van der Waals surface area contributed by atoms with Gasteiger partial charge in [-0.3, -0.25) is 0 Å². The average Bonchev–Trinajstić information content (AvgIpc) is 2.40. The number of carboxylic acid groups (broad SMARTS) is 1. The first-order chi connectivity index (χ1) is 10.3. The predicted molar refractivity (Wildman–Crippen MR) is 93.1 cm³/mol. The lowest BCUT2D eigenvalue weighted by Gasteiger charge is -2.28. The van der Waals surface area contributed by atoms with Gasteiger partial charge in [0.05, 0.1) is 0 Å². The molecule has 0 radical (unpaired) electrons. The summed E-state index contributed by atoms with van der Waals surface area (Å²) in [6.07, 6.45) is 0.280. The number of hydrogen-bond donors (Lipinski definition) is 2. The third kappa shape index (κ3) is 5.55. The van der Waals surface area contributed by atoms with E-state index in [0.29, 0.717) is 5.75 Å². The molecule has 0 heterocycles. The van der Waals surface area contributed by atoms with Gasteiger partial charge in [0.2, 0.25) is 0 Å². The molecule has 0 aliphatic heterocycles. The molecule has 0 amide bonds. The van der Waals surface area contributed by atoms with Gasteiger partial charge in [-0.15, -0.1) is 0 Å². The van der Waals surface area contributed by atoms with Gasteiger partial charge >= 0.3 is 5.97 Å². The van der Waals surface area contributed by atoms with E-state index in [2.05, 4.69) is 6.58 Å². The molecule has 128 valence electrons. The van der Waals surface area contributed by atoms with Crippen molar-refractivity contribution < 1.29 is 19.8 Å². The molecule has 0 unspecified atom stereocenters. The topological polar surface area (TPSA) is 74.6 Å². The molecule has 1 aromatic rings. The van der Waals surface area contributed by atoms with Crippen molar-refractivity contribution in [2.45, 2.75) is 58.8 Å². The zero-order valence-electron chi connectivity index (χ0n) is 15.0. The van der Waals surface area contributed by atoms with E-state index in [0.717, 1.165) is 16.7 Å². The Morgan fingerprint density at radius 3 is 1.61 bits per heavy atom. The number of carbonyl (C=O) groups excluding carboxylic acids is 1. The van der Waals surface area contributed by atoms with Crippen molar-refractivity contribution in [1.29, 1.82) is 0 Å². The molecule has 4 nitrogen and oxygen atoms in total. The minimum atomic E-state index is -0.988. The number of benzene rings is 1. The maximum atomic E-state index is 11.0. The Labute approximate surface area is 138 Å². The highest BCUT2D eigenvalue weighted by Crippen LogP contribution is 2.40. The van der Waals surface area contributed by atoms with Crippen molar-refractivity contribution in [3.8, 4) is 5.75 Å². The van der Waals surface area contributed by atoms with E-state index in [1.165, 1.54) is 0 Å². The maximum absolute atomic E-state index is 11.0. The summed E-state index contributed by atoms with van der Waals surface area (Å²) in [5, 5.41) is 19.6. The molecular weight excluding hydrogens is 292 g/mol. The second-order valence-electron chi connectivity index (χ2n) is 7.63. The highest BCUT2D eigenvalue weighted by atomic mass is 16.4. The summed E-state index contributed by atoms with van der Waals surface area (Å²) in [4.78, 5) is 19.0. The Hall–Kier alpha value is -2.10. The fourth-order valence-corrected chi connectivity index (χ4v) is 2.26. The summed E-state index contributed by atoms with van der Waals surface area (Å²) >= 11 is 0. The molecule has 0 aromatic heterocycles. The summed E-state index contributed by atoms with van der Waals surface area (Å²) in [5.74, 6) is -0.683. The number of phenols is 1. The number of phenolic OH excluding ortho intramolecular Hbond substituents is 1. The van der Waals surface area contributed by atoms with Crippen LogP contribution in [-0.2, 0) is 26.8 Å². The second kappa shape index (κ2) is 7.44. The van der Waals surface area contributed by atoms with Gasteiger partial charge in [0.15, 0.2) is 0 Å². The van der Waals surface area contributed by atoms with Gasteiger partial charge < -0.3 is 15.0 Å². The molecule has 0 saturated heterocycles. The lowest BCUT2D eigenvalue weighted by molar-refractivity contribution is -0.132. The largest absolute Gasteiger partial charge is 0.507 e. The molecule has 0 bridgehead atoms. The fourth-order valence-electron chi connectivity index (χ4n) is 2.26. The van der Waals surface area contributed by atoms with E-state index >= 15 is 0 Å². The van der Waals surface area contributed by atoms with Crippen molar-refractivity contribution >= 4 is 12.8 Å². The smallest absolute Gasteiger partial charge is 0.331 e. The molecule has 0 spiro atoms. The first-order valence-corrected chi connectivity index (χ1v) is 7.41. The van der Waals surface area contributed by atoms with Crippen LogP contribution in [0.1, 0.15) is 58.2 Å². The molecule has 23 heavy (non-hydrogen) atoms. The van der Waals surface area contributed by atoms with Crippen LogP contribution in [-0.4, -0.2) is 23.0 Å². The summed E-state index contributed by atoms with van der Waals surface area (Å²) in [6, 6.07) is 3.78. The van der Waals surface area contributed by atoms with Gasteiger partial charge in [-0.25, -0.2) is 4.79 Å². The molecule has 0 atom stereocenters. The summed E-state index contributed by atoms with van der Waals surface area (Å²) < 4.78 is 0. The van der Waals surface area contributed by atoms with Gasteiger partial charge in [-0.05, 0) is 27.5 Å². The predicted octanol–water partition coefficient (Wildman–Crippen LogP) is 3.99. The molecule has 1 rings (SSSR count). The normalized spacial score (nSPS) is 11.4. The molecule has 4 heteroatoms. The van der Waals surface area contributed by atoms with Crippen LogP contribution in [0.15, 0.2) is 24.3 Å². The fraction of sp³-hybridized carbons (Fsp3) is 0.474. The Bertz CT molecular complexity index is 551. The quantitative estimate of drug-likeness (QED) is 0.826. The number of carbonyl (C=O) groups is 2. The van der Waals surface area contributed by atoms with Gasteiger partial charge in [0, 0.05) is 12.0 Å². The Kier molecular flexibility index (Phi) is 6.77. The maximum Gasteiger partial charge on any atom is 0.331 e. The molecule has 0 aliphatic rings. The van der Waals surface area contributed by atoms with Crippen molar-refractivity contribution in [2.75, 3.05) is 0 Å². The van der Waals surface area contributed by atoms with E-state index in [4.69, 9.17) is 9.90 Å². The van der Waals surface area contributed by atoms with Crippen molar-refractivity contribution in [3.63, 3.8) is 0 Å². The number of aromatic hydroxyl groups is 1. The monoisotopic (exact) mass is 320 g/mol. The Balaban J connectivity index is 0.00000232. The first-order valence-electron chi connectivity index (χ1n) is 7.41. The van der Waals surface area contributed by atoms with E-state index in [1.54, 1.807) is 0 Å². The average molecular weight is 320 g/mol. The Morgan fingerprint density at radius 1 is 1.00 bits per heavy atom. The van der Waals surface area contributed by atoms with Crippen LogP contribution in [0, 0.1) is 0 Å². The van der Waals surface area contributed by atoms with Crippen LogP contribution in [0.25, 0.3) is 0 Å². The summed E-state index contributed by atoms with van der Waals surface area (Å²) in [7, 11) is 0. The summed E-state index contributed by atoms with van der Waals surface area (Å²) in [5.41, 5.74) is 2.26. The lowest BCUT2D eigenvalue weighted by Crippen LogP contribution is -2.18. The van der Waals surface area contributed by atoms with Crippen LogP contribution >= 0.6 is 0 Å². The molecule has 2 N–H and O–H groups in total. The third-order valence-corrected chi connectivity index (χ3v) is 3.51. The highest BCUT2D eigenvalue weighted by Gasteiger charge is 2.26. The zero-order valence-corrected chi connectivity index (χ0v) is 15.0. The van der Waals surface area contributed by atoms with Crippen LogP contribution < -0.4 is 0 Å². The van der Waals surface area contributed by atoms with E-state index in [-0.39, 0.29) is 22.8 Å². The molecule has 0 saturated carbocycles. The SMILES string of the molecule is C=C(Cc1cc(C(C)(C)C)c(O)c(C(C)(C)C)c1)C(=O)O.C=O. The van der Waals surface area contributed by atoms with Crippen molar-refractivity contribution in [1.82, 2.24) is 0 Å². The van der Waals surface area contributed by atoms with E-state index < -0.39 is 5.97 Å². The van der Waals surface area contributed by atoms with Crippen LogP contribution in [0.3, 0.4) is 0 Å². The van der Waals surface area contributed by atoms with Gasteiger partial charge in [-0.2, -0.15) is 0 Å². The van der Waals surface area contributed by atoms with Gasteiger partial charge in [0.25, 0.3) is 0 Å². The van der Waals surface area contributed by atoms with Crippen molar-refractivity contribution in [3.05, 3.63) is 41.0 Å². The van der Waals surface area contributed by atoms with Crippen molar-refractivity contribution in [2.24, 2.45) is 0 Å². The summed E-state index contributed by atoms with van der Waals surface area (Å²) in [6.45, 7) is 17.8. The van der Waals surface area contributed by atoms with Crippen LogP contribution in [0.5, 0.6) is 5.75 Å². The molecule has 0 aliphatic carbocycles. The van der Waals surface area contributed by atoms with Gasteiger partial charge in [0.1, 0.15) is 12.5 Å².